The number of likely N-dealkylation sites (tertiary alicyclic amines) is 1. The summed E-state index contributed by atoms with van der Waals surface area (Å²) >= 11 is 6.14. The van der Waals surface area contributed by atoms with E-state index in [9.17, 15) is 9.59 Å². The lowest BCUT2D eigenvalue weighted by Gasteiger charge is -2.32. The fourth-order valence-corrected chi connectivity index (χ4v) is 4.93. The van der Waals surface area contributed by atoms with Crippen molar-refractivity contribution in [2.24, 2.45) is 0 Å². The number of amides is 2. The van der Waals surface area contributed by atoms with Gasteiger partial charge in [-0.15, -0.1) is 0 Å². The van der Waals surface area contributed by atoms with Gasteiger partial charge in [0.25, 0.3) is 0 Å². The van der Waals surface area contributed by atoms with Crippen molar-refractivity contribution < 1.29 is 14.3 Å². The van der Waals surface area contributed by atoms with E-state index in [4.69, 9.17) is 16.3 Å². The molecule has 1 saturated heterocycles. The van der Waals surface area contributed by atoms with Crippen LogP contribution in [0, 0.1) is 6.92 Å². The first-order valence-corrected chi connectivity index (χ1v) is 12.7. The monoisotopic (exact) mass is 498 g/mol. The zero-order valence-electron chi connectivity index (χ0n) is 20.5. The molecule has 35 heavy (non-hydrogen) atoms. The van der Waals surface area contributed by atoms with Crippen LogP contribution in [0.25, 0.3) is 0 Å². The second-order valence-electron chi connectivity index (χ2n) is 9.49. The normalized spacial score (nSPS) is 19.6. The molecule has 1 unspecified atom stereocenters. The third-order valence-corrected chi connectivity index (χ3v) is 7.48. The van der Waals surface area contributed by atoms with Crippen molar-refractivity contribution in [1.29, 1.82) is 0 Å². The SMILES string of the molecule is COC1CCN(CCC(NC(=O)[C@@H]2Cc3ccccc3CN2)C(=O)Nc2ccc(Cl)c(C)c2)CC1. The number of carbonyl (C=O) groups excluding carboxylic acids is 2. The molecule has 2 amide bonds. The predicted molar refractivity (Wildman–Crippen MR) is 139 cm³/mol. The van der Waals surface area contributed by atoms with Gasteiger partial charge < -0.3 is 25.6 Å². The van der Waals surface area contributed by atoms with Gasteiger partial charge >= 0.3 is 0 Å². The first kappa shape index (κ1) is 25.6. The lowest BCUT2D eigenvalue weighted by Crippen LogP contribution is -2.54. The number of nitrogens with zero attached hydrogens (tertiary/aromatic N) is 1. The number of anilines is 1. The van der Waals surface area contributed by atoms with Gasteiger partial charge in [0.2, 0.25) is 11.8 Å². The van der Waals surface area contributed by atoms with Crippen LogP contribution in [0.1, 0.15) is 36.0 Å². The molecule has 0 aliphatic carbocycles. The van der Waals surface area contributed by atoms with Crippen LogP contribution in [0.3, 0.4) is 0 Å². The highest BCUT2D eigenvalue weighted by Gasteiger charge is 2.29. The van der Waals surface area contributed by atoms with Gasteiger partial charge in [-0.1, -0.05) is 35.9 Å². The molecule has 2 aliphatic rings. The van der Waals surface area contributed by atoms with Crippen molar-refractivity contribution >= 4 is 29.1 Å². The fraction of sp³-hybridized carbons (Fsp3) is 0.481. The second-order valence-corrected chi connectivity index (χ2v) is 9.89. The third-order valence-electron chi connectivity index (χ3n) is 7.06. The predicted octanol–water partition coefficient (Wildman–Crippen LogP) is 3.29. The maximum Gasteiger partial charge on any atom is 0.246 e. The van der Waals surface area contributed by atoms with Gasteiger partial charge in [-0.05, 0) is 67.5 Å². The first-order chi connectivity index (χ1) is 16.9. The highest BCUT2D eigenvalue weighted by molar-refractivity contribution is 6.31. The van der Waals surface area contributed by atoms with Crippen LogP contribution in [0.5, 0.6) is 0 Å². The molecule has 2 heterocycles. The molecule has 0 spiro atoms. The Kier molecular flexibility index (Phi) is 8.78. The minimum absolute atomic E-state index is 0.148. The quantitative estimate of drug-likeness (QED) is 0.520. The van der Waals surface area contributed by atoms with E-state index in [0.717, 1.165) is 38.0 Å². The van der Waals surface area contributed by atoms with E-state index in [0.29, 0.717) is 36.2 Å². The number of nitrogens with one attached hydrogen (secondary N) is 3. The summed E-state index contributed by atoms with van der Waals surface area (Å²) in [6.45, 7) is 5.13. The number of carbonyl (C=O) groups is 2. The molecule has 2 aliphatic heterocycles. The van der Waals surface area contributed by atoms with E-state index in [1.807, 2.05) is 25.1 Å². The third kappa shape index (κ3) is 6.82. The van der Waals surface area contributed by atoms with Crippen LogP contribution in [0.4, 0.5) is 5.69 Å². The fourth-order valence-electron chi connectivity index (χ4n) is 4.81. The van der Waals surface area contributed by atoms with E-state index in [-0.39, 0.29) is 17.9 Å². The standard InChI is InChI=1S/C27H35ClN4O3/c1-18-15-21(7-8-23(18)28)30-26(33)24(11-14-32-12-9-22(35-2)10-13-32)31-27(34)25-16-19-5-3-4-6-20(19)17-29-25/h3-8,15,22,24-25,29H,9-14,16-17H2,1-2H3,(H,30,33)(H,31,34)/t24?,25-/m0/s1. The summed E-state index contributed by atoms with van der Waals surface area (Å²) in [6, 6.07) is 12.5. The zero-order chi connectivity index (χ0) is 24.8. The number of benzene rings is 2. The first-order valence-electron chi connectivity index (χ1n) is 12.4. The van der Waals surface area contributed by atoms with E-state index < -0.39 is 6.04 Å². The topological polar surface area (TPSA) is 82.7 Å². The molecule has 1 fully saturated rings. The Morgan fingerprint density at radius 1 is 1.17 bits per heavy atom. The van der Waals surface area contributed by atoms with Crippen molar-refractivity contribution in [2.75, 3.05) is 32.1 Å². The Hall–Kier alpha value is -2.45. The lowest BCUT2D eigenvalue weighted by molar-refractivity contribution is -0.128. The number of piperidine rings is 1. The molecule has 4 rings (SSSR count). The summed E-state index contributed by atoms with van der Waals surface area (Å²) in [6.07, 6.45) is 3.41. The highest BCUT2D eigenvalue weighted by atomic mass is 35.5. The minimum atomic E-state index is -0.641. The number of ether oxygens (including phenoxy) is 1. The molecule has 2 atom stereocenters. The number of aryl methyl sites for hydroxylation is 1. The number of hydrogen-bond donors (Lipinski definition) is 3. The van der Waals surface area contributed by atoms with E-state index in [2.05, 4.69) is 33.0 Å². The van der Waals surface area contributed by atoms with Crippen molar-refractivity contribution in [3.63, 3.8) is 0 Å². The van der Waals surface area contributed by atoms with Gasteiger partial charge in [-0.2, -0.15) is 0 Å². The average molecular weight is 499 g/mol. The Bertz CT molecular complexity index is 1040. The number of rotatable bonds is 8. The van der Waals surface area contributed by atoms with Crippen LogP contribution in [0.2, 0.25) is 5.02 Å². The van der Waals surface area contributed by atoms with Gasteiger partial charge in [0, 0.05) is 44.0 Å². The summed E-state index contributed by atoms with van der Waals surface area (Å²) in [5.41, 5.74) is 3.94. The van der Waals surface area contributed by atoms with Crippen molar-refractivity contribution in [2.45, 2.75) is 57.3 Å². The van der Waals surface area contributed by atoms with Gasteiger partial charge in [0.1, 0.15) is 6.04 Å². The highest BCUT2D eigenvalue weighted by Crippen LogP contribution is 2.20. The van der Waals surface area contributed by atoms with Crippen LogP contribution in [-0.2, 0) is 27.3 Å². The Morgan fingerprint density at radius 2 is 1.91 bits per heavy atom. The Morgan fingerprint density at radius 3 is 2.63 bits per heavy atom. The van der Waals surface area contributed by atoms with Gasteiger partial charge in [0.15, 0.2) is 0 Å². The second kappa shape index (κ2) is 12.0. The number of hydrogen-bond acceptors (Lipinski definition) is 5. The Balaban J connectivity index is 1.41. The maximum absolute atomic E-state index is 13.3. The van der Waals surface area contributed by atoms with E-state index >= 15 is 0 Å². The summed E-state index contributed by atoms with van der Waals surface area (Å²) < 4.78 is 5.47. The van der Waals surface area contributed by atoms with Gasteiger partial charge in [-0.25, -0.2) is 0 Å². The van der Waals surface area contributed by atoms with Crippen LogP contribution >= 0.6 is 11.6 Å². The molecule has 3 N–H and O–H groups in total. The molecule has 0 bridgehead atoms. The molecule has 0 saturated carbocycles. The minimum Gasteiger partial charge on any atom is -0.381 e. The maximum atomic E-state index is 13.3. The van der Waals surface area contributed by atoms with Crippen molar-refractivity contribution in [3.05, 3.63) is 64.2 Å². The molecule has 8 heteroatoms. The van der Waals surface area contributed by atoms with Gasteiger partial charge in [0.05, 0.1) is 12.1 Å². The number of fused-ring (bicyclic) bond motifs is 1. The zero-order valence-corrected chi connectivity index (χ0v) is 21.2. The summed E-state index contributed by atoms with van der Waals surface area (Å²) in [5.74, 6) is -0.368. The summed E-state index contributed by atoms with van der Waals surface area (Å²) in [5, 5.41) is 9.96. The lowest BCUT2D eigenvalue weighted by atomic mass is 9.95. The summed E-state index contributed by atoms with van der Waals surface area (Å²) in [7, 11) is 1.76. The molecule has 188 valence electrons. The molecule has 0 aromatic heterocycles. The smallest absolute Gasteiger partial charge is 0.246 e. The Labute approximate surface area is 212 Å². The summed E-state index contributed by atoms with van der Waals surface area (Å²) in [4.78, 5) is 28.8. The molecule has 2 aromatic carbocycles. The largest absolute Gasteiger partial charge is 0.381 e. The van der Waals surface area contributed by atoms with E-state index in [1.54, 1.807) is 19.2 Å². The molecule has 0 radical (unpaired) electrons. The molecular formula is C27H35ClN4O3. The van der Waals surface area contributed by atoms with Crippen LogP contribution < -0.4 is 16.0 Å². The van der Waals surface area contributed by atoms with Gasteiger partial charge in [-0.3, -0.25) is 9.59 Å². The number of methoxy groups -OCH3 is 1. The molecule has 2 aromatic rings. The van der Waals surface area contributed by atoms with E-state index in [1.165, 1.54) is 11.1 Å². The van der Waals surface area contributed by atoms with Crippen molar-refractivity contribution in [3.8, 4) is 0 Å². The van der Waals surface area contributed by atoms with Crippen molar-refractivity contribution in [1.82, 2.24) is 15.5 Å². The van der Waals surface area contributed by atoms with Crippen LogP contribution in [0.15, 0.2) is 42.5 Å². The molecular weight excluding hydrogens is 464 g/mol. The van der Waals surface area contributed by atoms with Crippen LogP contribution in [-0.4, -0.2) is 61.6 Å². The number of halogens is 1. The molecule has 7 nitrogen and oxygen atoms in total. The average Bonchev–Trinajstić information content (AvgIpc) is 2.88.